The lowest BCUT2D eigenvalue weighted by atomic mass is 10.1. The number of halogens is 4. The molecular weight excluding hydrogens is 400 g/mol. The molecule has 0 radical (unpaired) electrons. The first kappa shape index (κ1) is 17.7. The molecule has 0 bridgehead atoms. The van der Waals surface area contributed by atoms with Crippen LogP contribution in [0, 0.1) is 0 Å². The smallest absolute Gasteiger partial charge is 0.382 e. The molecule has 1 atom stereocenters. The Balaban J connectivity index is 2.65. The van der Waals surface area contributed by atoms with Gasteiger partial charge in [0.15, 0.2) is 0 Å². The molecular formula is C13H14F3IN2O2. The highest BCUT2D eigenvalue weighted by molar-refractivity contribution is 14.1. The number of imide groups is 1. The third-order valence-electron chi connectivity index (χ3n) is 2.75. The van der Waals surface area contributed by atoms with E-state index in [1.54, 1.807) is 0 Å². The highest BCUT2D eigenvalue weighted by atomic mass is 127. The third kappa shape index (κ3) is 6.32. The second-order valence-corrected chi connectivity index (χ2v) is 5.33. The maximum absolute atomic E-state index is 12.4. The van der Waals surface area contributed by atoms with Crippen LogP contribution in [-0.2, 0) is 11.0 Å². The molecule has 116 valence electrons. The zero-order chi connectivity index (χ0) is 16.0. The minimum absolute atomic E-state index is 0.0618. The van der Waals surface area contributed by atoms with E-state index in [4.69, 9.17) is 0 Å². The fourth-order valence-electron chi connectivity index (χ4n) is 1.67. The topological polar surface area (TPSA) is 58.2 Å². The van der Waals surface area contributed by atoms with Crippen molar-refractivity contribution in [2.24, 2.45) is 0 Å². The van der Waals surface area contributed by atoms with Crippen molar-refractivity contribution >= 4 is 38.1 Å². The van der Waals surface area contributed by atoms with Gasteiger partial charge in [0.1, 0.15) is 0 Å². The Morgan fingerprint density at radius 3 is 2.24 bits per heavy atom. The molecule has 0 saturated carbocycles. The van der Waals surface area contributed by atoms with Gasteiger partial charge < -0.3 is 5.32 Å². The SMILES string of the molecule is CCC(CC(=O)NC(=O)I)Nc1ccc(C(F)(F)F)cc1. The summed E-state index contributed by atoms with van der Waals surface area (Å²) in [5.41, 5.74) is -0.238. The monoisotopic (exact) mass is 414 g/mol. The van der Waals surface area contributed by atoms with Crippen molar-refractivity contribution in [3.8, 4) is 0 Å². The number of hydrogen-bond donors (Lipinski definition) is 2. The van der Waals surface area contributed by atoms with E-state index in [9.17, 15) is 22.8 Å². The average Bonchev–Trinajstić information content (AvgIpc) is 2.36. The van der Waals surface area contributed by atoms with Gasteiger partial charge in [0.2, 0.25) is 5.91 Å². The van der Waals surface area contributed by atoms with E-state index in [1.165, 1.54) is 34.7 Å². The number of amides is 2. The highest BCUT2D eigenvalue weighted by Gasteiger charge is 2.30. The van der Waals surface area contributed by atoms with Crippen molar-refractivity contribution in [1.82, 2.24) is 5.32 Å². The maximum Gasteiger partial charge on any atom is 0.416 e. The molecule has 1 unspecified atom stereocenters. The largest absolute Gasteiger partial charge is 0.416 e. The van der Waals surface area contributed by atoms with E-state index in [0.717, 1.165) is 12.1 Å². The van der Waals surface area contributed by atoms with Crippen molar-refractivity contribution in [2.75, 3.05) is 5.32 Å². The predicted molar refractivity (Wildman–Crippen MR) is 81.3 cm³/mol. The molecule has 8 heteroatoms. The zero-order valence-corrected chi connectivity index (χ0v) is 13.3. The summed E-state index contributed by atoms with van der Waals surface area (Å²) in [5, 5.41) is 5.11. The first-order chi connectivity index (χ1) is 9.72. The first-order valence-electron chi connectivity index (χ1n) is 6.15. The second-order valence-electron chi connectivity index (χ2n) is 4.35. The predicted octanol–water partition coefficient (Wildman–Crippen LogP) is 3.96. The van der Waals surface area contributed by atoms with E-state index < -0.39 is 21.6 Å². The summed E-state index contributed by atoms with van der Waals surface area (Å²) < 4.78 is 36.8. The molecule has 21 heavy (non-hydrogen) atoms. The molecule has 2 N–H and O–H groups in total. The lowest BCUT2D eigenvalue weighted by Gasteiger charge is -2.18. The van der Waals surface area contributed by atoms with Gasteiger partial charge in [-0.05, 0) is 30.7 Å². The van der Waals surface area contributed by atoms with Crippen LogP contribution < -0.4 is 10.6 Å². The molecule has 0 saturated heterocycles. The Morgan fingerprint density at radius 2 is 1.81 bits per heavy atom. The highest BCUT2D eigenvalue weighted by Crippen LogP contribution is 2.30. The van der Waals surface area contributed by atoms with Gasteiger partial charge >= 0.3 is 6.18 Å². The lowest BCUT2D eigenvalue weighted by molar-refractivity contribution is -0.137. The van der Waals surface area contributed by atoms with Gasteiger partial charge in [-0.1, -0.05) is 6.92 Å². The van der Waals surface area contributed by atoms with Crippen molar-refractivity contribution in [2.45, 2.75) is 32.0 Å². The molecule has 0 heterocycles. The molecule has 1 rings (SSSR count). The van der Waals surface area contributed by atoms with E-state index in [0.29, 0.717) is 12.1 Å². The van der Waals surface area contributed by atoms with Crippen LogP contribution in [0.5, 0.6) is 0 Å². The number of anilines is 1. The quantitative estimate of drug-likeness (QED) is 0.436. The standard InChI is InChI=1S/C13H14F3IN2O2/c1-2-9(7-11(20)19-12(17)21)18-10-5-3-8(4-6-10)13(14,15)16/h3-6,9,18H,2,7H2,1H3,(H,19,20,21). The molecule has 4 nitrogen and oxygen atoms in total. The van der Waals surface area contributed by atoms with Gasteiger partial charge in [0, 0.05) is 40.7 Å². The van der Waals surface area contributed by atoms with Gasteiger partial charge in [-0.3, -0.25) is 14.9 Å². The van der Waals surface area contributed by atoms with Crippen LogP contribution in [0.15, 0.2) is 24.3 Å². The first-order valence-corrected chi connectivity index (χ1v) is 7.23. The van der Waals surface area contributed by atoms with Crippen LogP contribution >= 0.6 is 22.6 Å². The number of alkyl halides is 3. The molecule has 1 aromatic rings. The van der Waals surface area contributed by atoms with Crippen LogP contribution in [0.25, 0.3) is 0 Å². The number of rotatable bonds is 5. The number of benzene rings is 1. The number of carbonyl (C=O) groups is 2. The average molecular weight is 414 g/mol. The minimum atomic E-state index is -4.37. The fraction of sp³-hybridized carbons (Fsp3) is 0.385. The lowest BCUT2D eigenvalue weighted by Crippen LogP contribution is -2.31. The van der Waals surface area contributed by atoms with Crippen molar-refractivity contribution in [1.29, 1.82) is 0 Å². The molecule has 0 aromatic heterocycles. The van der Waals surface area contributed by atoms with Crippen molar-refractivity contribution in [3.63, 3.8) is 0 Å². The van der Waals surface area contributed by atoms with Gasteiger partial charge in [0.25, 0.3) is 3.91 Å². The summed E-state index contributed by atoms with van der Waals surface area (Å²) in [4.78, 5) is 22.2. The van der Waals surface area contributed by atoms with E-state index >= 15 is 0 Å². The molecule has 0 fully saturated rings. The van der Waals surface area contributed by atoms with E-state index in [-0.39, 0.29) is 12.5 Å². The number of carbonyl (C=O) groups excluding carboxylic acids is 2. The fourth-order valence-corrected chi connectivity index (χ4v) is 1.97. The Morgan fingerprint density at radius 1 is 1.24 bits per heavy atom. The van der Waals surface area contributed by atoms with E-state index in [2.05, 4.69) is 10.6 Å². The summed E-state index contributed by atoms with van der Waals surface area (Å²) >= 11 is 1.45. The summed E-state index contributed by atoms with van der Waals surface area (Å²) in [6, 6.07) is 4.31. The van der Waals surface area contributed by atoms with Gasteiger partial charge in [-0.2, -0.15) is 13.2 Å². The molecule has 1 aromatic carbocycles. The van der Waals surface area contributed by atoms with E-state index in [1.807, 2.05) is 6.92 Å². The van der Waals surface area contributed by atoms with Crippen LogP contribution in [0.4, 0.5) is 23.7 Å². The molecule has 0 aliphatic heterocycles. The van der Waals surface area contributed by atoms with Gasteiger partial charge in [-0.25, -0.2) is 0 Å². The molecule has 0 aliphatic rings. The number of hydrogen-bond acceptors (Lipinski definition) is 3. The van der Waals surface area contributed by atoms with Crippen LogP contribution in [0.1, 0.15) is 25.3 Å². The summed E-state index contributed by atoms with van der Waals surface area (Å²) in [6.45, 7) is 1.83. The molecule has 2 amide bonds. The molecule has 0 aliphatic carbocycles. The summed E-state index contributed by atoms with van der Waals surface area (Å²) in [5.74, 6) is -0.430. The third-order valence-corrected chi connectivity index (χ3v) is 3.01. The Hall–Kier alpha value is -1.32. The Labute approximate surface area is 133 Å². The van der Waals surface area contributed by atoms with Crippen molar-refractivity contribution in [3.05, 3.63) is 29.8 Å². The summed E-state index contributed by atoms with van der Waals surface area (Å²) in [6.07, 6.45) is -3.72. The van der Waals surface area contributed by atoms with Crippen molar-refractivity contribution < 1.29 is 22.8 Å². The van der Waals surface area contributed by atoms with Gasteiger partial charge in [0.05, 0.1) is 5.56 Å². The summed E-state index contributed by atoms with van der Waals surface area (Å²) in [7, 11) is 0. The van der Waals surface area contributed by atoms with Gasteiger partial charge in [-0.15, -0.1) is 0 Å². The minimum Gasteiger partial charge on any atom is -0.382 e. The van der Waals surface area contributed by atoms with Crippen LogP contribution in [0.2, 0.25) is 0 Å². The Kier molecular flexibility index (Phi) is 6.43. The molecule has 0 spiro atoms. The number of nitrogens with one attached hydrogen (secondary N) is 2. The maximum atomic E-state index is 12.4. The normalized spacial score (nSPS) is 12.6. The van der Waals surface area contributed by atoms with Crippen LogP contribution in [0.3, 0.4) is 0 Å². The van der Waals surface area contributed by atoms with Crippen LogP contribution in [-0.4, -0.2) is 15.9 Å². The Bertz CT molecular complexity index is 503. The zero-order valence-electron chi connectivity index (χ0n) is 11.1. The second kappa shape index (κ2) is 7.62.